The Morgan fingerprint density at radius 2 is 2.33 bits per heavy atom. The van der Waals surface area contributed by atoms with Gasteiger partial charge in [-0.1, -0.05) is 29.9 Å². The van der Waals surface area contributed by atoms with Crippen LogP contribution < -0.4 is 10.5 Å². The molecule has 2 aromatic rings. The maximum absolute atomic E-state index is 6.05. The van der Waals surface area contributed by atoms with Crippen molar-refractivity contribution in [2.24, 2.45) is 5.73 Å². The minimum atomic E-state index is 0.207. The summed E-state index contributed by atoms with van der Waals surface area (Å²) < 4.78 is 7.46. The summed E-state index contributed by atoms with van der Waals surface area (Å²) in [4.78, 5) is 0.207. The second-order valence-corrected chi connectivity index (χ2v) is 4.46. The van der Waals surface area contributed by atoms with Crippen LogP contribution in [0.5, 0.6) is 11.5 Å². The average molecular weight is 282 g/mol. The molecule has 0 radical (unpaired) electrons. The predicted molar refractivity (Wildman–Crippen MR) is 75.3 cm³/mol. The summed E-state index contributed by atoms with van der Waals surface area (Å²) >= 11 is 11.0. The molecule has 0 aliphatic heterocycles. The summed E-state index contributed by atoms with van der Waals surface area (Å²) in [5.41, 5.74) is 6.19. The molecular weight excluding hydrogens is 270 g/mol. The zero-order valence-electron chi connectivity index (χ0n) is 9.76. The molecule has 0 saturated heterocycles. The maximum atomic E-state index is 6.05. The van der Waals surface area contributed by atoms with Gasteiger partial charge in [0, 0.05) is 6.54 Å². The second kappa shape index (κ2) is 5.37. The van der Waals surface area contributed by atoms with Crippen LogP contribution in [0.3, 0.4) is 0 Å². The number of thiocarbonyl (C=S) groups is 1. The Morgan fingerprint density at radius 1 is 1.56 bits per heavy atom. The highest BCUT2D eigenvalue weighted by molar-refractivity contribution is 7.80. The van der Waals surface area contributed by atoms with Gasteiger partial charge in [0.2, 0.25) is 0 Å². The van der Waals surface area contributed by atoms with Crippen molar-refractivity contribution in [2.75, 3.05) is 0 Å². The van der Waals surface area contributed by atoms with Gasteiger partial charge in [-0.15, -0.1) is 0 Å². The van der Waals surface area contributed by atoms with E-state index in [1.54, 1.807) is 35.3 Å². The number of benzene rings is 1. The van der Waals surface area contributed by atoms with Crippen LogP contribution in [-0.2, 0) is 6.54 Å². The fraction of sp³-hybridized carbons (Fsp3) is 0.167. The van der Waals surface area contributed by atoms with Gasteiger partial charge in [0.25, 0.3) is 0 Å². The van der Waals surface area contributed by atoms with Crippen LogP contribution in [-0.4, -0.2) is 14.8 Å². The van der Waals surface area contributed by atoms with Crippen molar-refractivity contribution >= 4 is 28.8 Å². The summed E-state index contributed by atoms with van der Waals surface area (Å²) in [5.74, 6) is 1.15. The normalized spacial score (nSPS) is 10.3. The lowest BCUT2D eigenvalue weighted by Gasteiger charge is -2.09. The molecule has 94 valence electrons. The third kappa shape index (κ3) is 2.63. The molecule has 2 rings (SSSR count). The van der Waals surface area contributed by atoms with Gasteiger partial charge in [0.1, 0.15) is 10.7 Å². The monoisotopic (exact) mass is 281 g/mol. The lowest BCUT2D eigenvalue weighted by molar-refractivity contribution is 0.480. The van der Waals surface area contributed by atoms with Crippen LogP contribution in [0.4, 0.5) is 0 Å². The molecule has 1 aromatic carbocycles. The Hall–Kier alpha value is -1.59. The standard InChI is InChI=1S/C12H12ClN3OS/c1-2-16-7-8(6-15-16)17-10-5-3-4-9(13)11(10)12(14)18/h3-7H,2H2,1H3,(H2,14,18). The molecule has 0 unspecified atom stereocenters. The third-order valence-corrected chi connectivity index (χ3v) is 2.90. The van der Waals surface area contributed by atoms with Crippen LogP contribution >= 0.6 is 23.8 Å². The molecule has 6 heteroatoms. The third-order valence-electron chi connectivity index (χ3n) is 2.38. The second-order valence-electron chi connectivity index (χ2n) is 3.61. The van der Waals surface area contributed by atoms with E-state index in [-0.39, 0.29) is 4.99 Å². The van der Waals surface area contributed by atoms with Crippen LogP contribution in [0.15, 0.2) is 30.6 Å². The first kappa shape index (κ1) is 12.9. The van der Waals surface area contributed by atoms with Gasteiger partial charge >= 0.3 is 0 Å². The molecule has 1 heterocycles. The average Bonchev–Trinajstić information content (AvgIpc) is 2.76. The minimum absolute atomic E-state index is 0.207. The highest BCUT2D eigenvalue weighted by Crippen LogP contribution is 2.30. The minimum Gasteiger partial charge on any atom is -0.453 e. The SMILES string of the molecule is CCn1cc(Oc2cccc(Cl)c2C(N)=S)cn1. The number of nitrogens with zero attached hydrogens (tertiary/aromatic N) is 2. The van der Waals surface area contributed by atoms with E-state index in [0.717, 1.165) is 6.54 Å². The molecule has 1 aromatic heterocycles. The van der Waals surface area contributed by atoms with Gasteiger partial charge in [-0.3, -0.25) is 4.68 Å². The molecule has 0 fully saturated rings. The molecule has 0 bridgehead atoms. The van der Waals surface area contributed by atoms with E-state index in [1.807, 2.05) is 6.92 Å². The summed E-state index contributed by atoms with van der Waals surface area (Å²) in [6.45, 7) is 2.78. The topological polar surface area (TPSA) is 53.1 Å². The molecule has 4 nitrogen and oxygen atoms in total. The molecule has 18 heavy (non-hydrogen) atoms. The van der Waals surface area contributed by atoms with Crippen LogP contribution in [0.2, 0.25) is 5.02 Å². The van der Waals surface area contributed by atoms with Crippen LogP contribution in [0.25, 0.3) is 0 Å². The number of rotatable bonds is 4. The number of ether oxygens (including phenoxy) is 1. The highest BCUT2D eigenvalue weighted by atomic mass is 35.5. The van der Waals surface area contributed by atoms with Crippen LogP contribution in [0, 0.1) is 0 Å². The van der Waals surface area contributed by atoms with Crippen molar-refractivity contribution in [3.8, 4) is 11.5 Å². The van der Waals surface area contributed by atoms with Gasteiger partial charge in [-0.2, -0.15) is 5.10 Å². The van der Waals surface area contributed by atoms with Crippen molar-refractivity contribution in [1.29, 1.82) is 0 Å². The molecule has 0 saturated carbocycles. The van der Waals surface area contributed by atoms with Crippen molar-refractivity contribution in [2.45, 2.75) is 13.5 Å². The summed E-state index contributed by atoms with van der Waals surface area (Å²) in [5, 5.41) is 4.60. The Labute approximate surface area is 115 Å². The van der Waals surface area contributed by atoms with E-state index in [9.17, 15) is 0 Å². The summed E-state index contributed by atoms with van der Waals surface area (Å²) in [7, 11) is 0. The van der Waals surface area contributed by atoms with Gasteiger partial charge in [0.15, 0.2) is 5.75 Å². The van der Waals surface area contributed by atoms with E-state index >= 15 is 0 Å². The fourth-order valence-electron chi connectivity index (χ4n) is 1.53. The zero-order chi connectivity index (χ0) is 13.1. The van der Waals surface area contributed by atoms with Crippen LogP contribution in [0.1, 0.15) is 12.5 Å². The van der Waals surface area contributed by atoms with Gasteiger partial charge in [-0.25, -0.2) is 0 Å². The number of aromatic nitrogens is 2. The Kier molecular flexibility index (Phi) is 3.84. The molecule has 0 amide bonds. The first-order valence-corrected chi connectivity index (χ1v) is 6.19. The molecule has 0 atom stereocenters. The summed E-state index contributed by atoms with van der Waals surface area (Å²) in [6.07, 6.45) is 3.43. The van der Waals surface area contributed by atoms with Crippen molar-refractivity contribution in [1.82, 2.24) is 9.78 Å². The lowest BCUT2D eigenvalue weighted by Crippen LogP contribution is -2.11. The number of aryl methyl sites for hydroxylation is 1. The van der Waals surface area contributed by atoms with Gasteiger partial charge < -0.3 is 10.5 Å². The molecule has 0 aliphatic rings. The molecule has 0 spiro atoms. The van der Waals surface area contributed by atoms with Crippen molar-refractivity contribution in [3.05, 3.63) is 41.2 Å². The number of nitrogens with two attached hydrogens (primary N) is 1. The van der Waals surface area contributed by atoms with E-state index < -0.39 is 0 Å². The first-order chi connectivity index (χ1) is 8.61. The molecule has 0 aliphatic carbocycles. The van der Waals surface area contributed by atoms with E-state index in [4.69, 9.17) is 34.3 Å². The quantitative estimate of drug-likeness (QED) is 0.876. The predicted octanol–water partition coefficient (Wildman–Crippen LogP) is 2.98. The van der Waals surface area contributed by atoms with E-state index in [0.29, 0.717) is 22.1 Å². The Morgan fingerprint density at radius 3 is 2.94 bits per heavy atom. The number of hydrogen-bond acceptors (Lipinski definition) is 3. The zero-order valence-corrected chi connectivity index (χ0v) is 11.3. The van der Waals surface area contributed by atoms with Gasteiger partial charge in [-0.05, 0) is 19.1 Å². The smallest absolute Gasteiger partial charge is 0.165 e. The largest absolute Gasteiger partial charge is 0.453 e. The number of hydrogen-bond donors (Lipinski definition) is 1. The lowest BCUT2D eigenvalue weighted by atomic mass is 10.2. The molecular formula is C12H12ClN3OS. The van der Waals surface area contributed by atoms with E-state index in [1.165, 1.54) is 0 Å². The highest BCUT2D eigenvalue weighted by Gasteiger charge is 2.12. The fourth-order valence-corrected chi connectivity index (χ4v) is 2.06. The Balaban J connectivity index is 2.34. The number of halogens is 1. The van der Waals surface area contributed by atoms with E-state index in [2.05, 4.69) is 5.10 Å². The molecule has 2 N–H and O–H groups in total. The summed E-state index contributed by atoms with van der Waals surface area (Å²) in [6, 6.07) is 5.27. The van der Waals surface area contributed by atoms with Gasteiger partial charge in [0.05, 0.1) is 23.0 Å². The Bertz CT molecular complexity index is 582. The van der Waals surface area contributed by atoms with Crippen molar-refractivity contribution < 1.29 is 4.74 Å². The maximum Gasteiger partial charge on any atom is 0.165 e. The first-order valence-electron chi connectivity index (χ1n) is 5.40. The van der Waals surface area contributed by atoms with Crippen molar-refractivity contribution in [3.63, 3.8) is 0 Å².